The summed E-state index contributed by atoms with van der Waals surface area (Å²) in [5, 5.41) is 6.90. The van der Waals surface area contributed by atoms with Crippen LogP contribution in [0.3, 0.4) is 0 Å². The molecule has 0 spiro atoms. The standard InChI is InChI=1S/C26H33N3O4/c1-26(2,3)33-25(32)28-17-16-27-23(30)15-5-4-10-18-29-21-13-8-6-11-19(21)24(31)20-12-7-9-14-22(20)29/h6-9,11-14H,4-5,10,15-18H2,1-3H3,(H,27,30)(H,28,32). The van der Waals surface area contributed by atoms with E-state index in [1.54, 1.807) is 20.8 Å². The Morgan fingerprint density at radius 1 is 0.848 bits per heavy atom. The molecule has 3 rings (SSSR count). The Morgan fingerprint density at radius 2 is 1.42 bits per heavy atom. The summed E-state index contributed by atoms with van der Waals surface area (Å²) in [6.45, 7) is 6.88. The molecule has 3 aromatic rings. The molecule has 2 aromatic carbocycles. The number of amides is 2. The fraction of sp³-hybridized carbons (Fsp3) is 0.423. The molecule has 2 N–H and O–H groups in total. The first-order valence-corrected chi connectivity index (χ1v) is 11.5. The lowest BCUT2D eigenvalue weighted by molar-refractivity contribution is -0.121. The predicted octanol–water partition coefficient (Wildman–Crippen LogP) is 4.36. The summed E-state index contributed by atoms with van der Waals surface area (Å²) in [7, 11) is 0. The highest BCUT2D eigenvalue weighted by Gasteiger charge is 2.15. The van der Waals surface area contributed by atoms with Crippen LogP contribution < -0.4 is 16.1 Å². The van der Waals surface area contributed by atoms with Crippen molar-refractivity contribution in [1.29, 1.82) is 0 Å². The Hall–Kier alpha value is -3.35. The fourth-order valence-corrected chi connectivity index (χ4v) is 3.82. The summed E-state index contributed by atoms with van der Waals surface area (Å²) in [6, 6.07) is 15.4. The number of pyridine rings is 1. The summed E-state index contributed by atoms with van der Waals surface area (Å²) in [5.74, 6) is -0.0275. The van der Waals surface area contributed by atoms with Crippen LogP contribution in [-0.2, 0) is 16.1 Å². The van der Waals surface area contributed by atoms with Crippen molar-refractivity contribution < 1.29 is 14.3 Å². The van der Waals surface area contributed by atoms with Gasteiger partial charge in [0.2, 0.25) is 5.91 Å². The molecule has 0 saturated heterocycles. The predicted molar refractivity (Wildman–Crippen MR) is 131 cm³/mol. The van der Waals surface area contributed by atoms with E-state index < -0.39 is 11.7 Å². The molecule has 2 amide bonds. The normalized spacial score (nSPS) is 11.5. The first-order valence-electron chi connectivity index (χ1n) is 11.5. The Morgan fingerprint density at radius 3 is 2.03 bits per heavy atom. The Kier molecular flexibility index (Phi) is 8.09. The number of para-hydroxylation sites is 2. The molecule has 0 aliphatic rings. The van der Waals surface area contributed by atoms with Gasteiger partial charge in [-0.2, -0.15) is 0 Å². The summed E-state index contributed by atoms with van der Waals surface area (Å²) in [6.07, 6.45) is 2.54. The van der Waals surface area contributed by atoms with Gasteiger partial charge in [-0.3, -0.25) is 9.59 Å². The van der Waals surface area contributed by atoms with E-state index in [9.17, 15) is 14.4 Å². The Bertz CT molecular complexity index is 1120. The quantitative estimate of drug-likeness (QED) is 0.374. The van der Waals surface area contributed by atoms with Crippen molar-refractivity contribution in [2.45, 2.75) is 58.6 Å². The average molecular weight is 452 g/mol. The fourth-order valence-electron chi connectivity index (χ4n) is 3.82. The van der Waals surface area contributed by atoms with Gasteiger partial charge in [0.1, 0.15) is 5.60 Å². The molecular formula is C26H33N3O4. The van der Waals surface area contributed by atoms with Crippen molar-refractivity contribution in [2.75, 3.05) is 13.1 Å². The first-order chi connectivity index (χ1) is 15.8. The van der Waals surface area contributed by atoms with E-state index in [4.69, 9.17) is 4.74 Å². The number of aryl methyl sites for hydroxylation is 1. The number of carbonyl (C=O) groups is 2. The monoisotopic (exact) mass is 451 g/mol. The maximum absolute atomic E-state index is 12.8. The smallest absolute Gasteiger partial charge is 0.407 e. The third-order valence-corrected chi connectivity index (χ3v) is 5.28. The molecular weight excluding hydrogens is 418 g/mol. The second kappa shape index (κ2) is 11.0. The van der Waals surface area contributed by atoms with Crippen molar-refractivity contribution in [2.24, 2.45) is 0 Å². The zero-order chi connectivity index (χ0) is 23.8. The lowest BCUT2D eigenvalue weighted by Gasteiger charge is -2.19. The van der Waals surface area contributed by atoms with E-state index in [0.717, 1.165) is 47.6 Å². The van der Waals surface area contributed by atoms with E-state index in [0.29, 0.717) is 19.5 Å². The van der Waals surface area contributed by atoms with Crippen molar-refractivity contribution >= 4 is 33.8 Å². The zero-order valence-electron chi connectivity index (χ0n) is 19.6. The lowest BCUT2D eigenvalue weighted by Crippen LogP contribution is -2.37. The molecule has 0 unspecified atom stereocenters. The molecule has 0 aliphatic carbocycles. The summed E-state index contributed by atoms with van der Waals surface area (Å²) in [5.41, 5.74) is 1.41. The molecule has 33 heavy (non-hydrogen) atoms. The van der Waals surface area contributed by atoms with Crippen LogP contribution >= 0.6 is 0 Å². The van der Waals surface area contributed by atoms with E-state index >= 15 is 0 Å². The number of ether oxygens (including phenoxy) is 1. The molecule has 0 atom stereocenters. The number of alkyl carbamates (subject to hydrolysis) is 1. The van der Waals surface area contributed by atoms with Crippen molar-refractivity contribution in [3.8, 4) is 0 Å². The highest BCUT2D eigenvalue weighted by atomic mass is 16.6. The molecule has 7 heteroatoms. The summed E-state index contributed by atoms with van der Waals surface area (Å²) < 4.78 is 7.35. The molecule has 7 nitrogen and oxygen atoms in total. The number of hydrogen-bond donors (Lipinski definition) is 2. The maximum Gasteiger partial charge on any atom is 0.407 e. The molecule has 0 radical (unpaired) electrons. The average Bonchev–Trinajstić information content (AvgIpc) is 2.77. The molecule has 0 saturated carbocycles. The van der Waals surface area contributed by atoms with Crippen LogP contribution in [-0.4, -0.2) is 35.3 Å². The SMILES string of the molecule is CC(C)(C)OC(=O)NCCNC(=O)CCCCCn1c2ccccc2c(=O)c2ccccc21. The van der Waals surface area contributed by atoms with Crippen LogP contribution in [0.25, 0.3) is 21.8 Å². The number of nitrogens with one attached hydrogen (secondary N) is 2. The number of carbonyl (C=O) groups excluding carboxylic acids is 2. The van der Waals surface area contributed by atoms with Crippen LogP contribution in [0.5, 0.6) is 0 Å². The minimum absolute atomic E-state index is 0.0275. The highest BCUT2D eigenvalue weighted by molar-refractivity contribution is 5.93. The van der Waals surface area contributed by atoms with E-state index in [-0.39, 0.29) is 11.3 Å². The van der Waals surface area contributed by atoms with E-state index in [2.05, 4.69) is 15.2 Å². The number of aromatic nitrogens is 1. The molecule has 0 bridgehead atoms. The van der Waals surface area contributed by atoms with Gasteiger partial charge in [-0.15, -0.1) is 0 Å². The van der Waals surface area contributed by atoms with Crippen LogP contribution in [0, 0.1) is 0 Å². The van der Waals surface area contributed by atoms with Crippen molar-refractivity contribution in [1.82, 2.24) is 15.2 Å². The number of rotatable bonds is 9. The molecule has 0 fully saturated rings. The highest BCUT2D eigenvalue weighted by Crippen LogP contribution is 2.20. The minimum atomic E-state index is -0.540. The van der Waals surface area contributed by atoms with Gasteiger partial charge in [0.05, 0.1) is 11.0 Å². The van der Waals surface area contributed by atoms with Crippen LogP contribution in [0.15, 0.2) is 53.3 Å². The zero-order valence-corrected chi connectivity index (χ0v) is 19.6. The Balaban J connectivity index is 1.44. The molecule has 1 heterocycles. The lowest BCUT2D eigenvalue weighted by atomic mass is 10.1. The van der Waals surface area contributed by atoms with Crippen molar-refractivity contribution in [3.05, 3.63) is 58.8 Å². The van der Waals surface area contributed by atoms with Gasteiger partial charge in [-0.1, -0.05) is 30.7 Å². The first kappa shape index (κ1) is 24.3. The topological polar surface area (TPSA) is 89.4 Å². The number of benzene rings is 2. The minimum Gasteiger partial charge on any atom is -0.444 e. The number of hydrogen-bond acceptors (Lipinski definition) is 4. The van der Waals surface area contributed by atoms with Gasteiger partial charge in [-0.25, -0.2) is 4.79 Å². The van der Waals surface area contributed by atoms with Crippen LogP contribution in [0.2, 0.25) is 0 Å². The van der Waals surface area contributed by atoms with Crippen molar-refractivity contribution in [3.63, 3.8) is 0 Å². The van der Waals surface area contributed by atoms with E-state index in [1.165, 1.54) is 0 Å². The van der Waals surface area contributed by atoms with Crippen LogP contribution in [0.4, 0.5) is 4.79 Å². The van der Waals surface area contributed by atoms with Gasteiger partial charge < -0.3 is 19.9 Å². The third-order valence-electron chi connectivity index (χ3n) is 5.28. The van der Waals surface area contributed by atoms with Gasteiger partial charge >= 0.3 is 6.09 Å². The van der Waals surface area contributed by atoms with Gasteiger partial charge in [0, 0.05) is 36.8 Å². The largest absolute Gasteiger partial charge is 0.444 e. The maximum atomic E-state index is 12.8. The molecule has 1 aromatic heterocycles. The summed E-state index contributed by atoms with van der Waals surface area (Å²) in [4.78, 5) is 36.4. The summed E-state index contributed by atoms with van der Waals surface area (Å²) >= 11 is 0. The van der Waals surface area contributed by atoms with E-state index in [1.807, 2.05) is 48.5 Å². The number of fused-ring (bicyclic) bond motifs is 2. The number of nitrogens with zero attached hydrogens (tertiary/aromatic N) is 1. The van der Waals surface area contributed by atoms with Gasteiger partial charge in [0.15, 0.2) is 5.43 Å². The number of unbranched alkanes of at least 4 members (excludes halogenated alkanes) is 2. The Labute approximate surface area is 194 Å². The molecule has 0 aliphatic heterocycles. The van der Waals surface area contributed by atoms with Gasteiger partial charge in [0.25, 0.3) is 0 Å². The third kappa shape index (κ3) is 6.81. The molecule has 176 valence electrons. The second-order valence-electron chi connectivity index (χ2n) is 9.10. The second-order valence-corrected chi connectivity index (χ2v) is 9.10. The van der Waals surface area contributed by atoms with Gasteiger partial charge in [-0.05, 0) is 57.9 Å². The van der Waals surface area contributed by atoms with Crippen LogP contribution in [0.1, 0.15) is 46.5 Å².